The summed E-state index contributed by atoms with van der Waals surface area (Å²) in [6, 6.07) is 1.81. The van der Waals surface area contributed by atoms with Gasteiger partial charge in [0, 0.05) is 18.0 Å². The summed E-state index contributed by atoms with van der Waals surface area (Å²) in [5.41, 5.74) is 1.41. The van der Waals surface area contributed by atoms with Crippen LogP contribution in [0.1, 0.15) is 21.9 Å². The second kappa shape index (κ2) is 3.61. The first-order valence-corrected chi connectivity index (χ1v) is 4.51. The molecule has 5 heteroatoms. The van der Waals surface area contributed by atoms with Crippen molar-refractivity contribution in [2.75, 3.05) is 0 Å². The van der Waals surface area contributed by atoms with E-state index in [0.717, 1.165) is 12.0 Å². The summed E-state index contributed by atoms with van der Waals surface area (Å²) in [5, 5.41) is 4.03. The average molecular weight is 202 g/mol. The third kappa shape index (κ3) is 1.90. The molecule has 0 aromatic carbocycles. The van der Waals surface area contributed by atoms with Gasteiger partial charge in [0.25, 0.3) is 0 Å². The lowest BCUT2D eigenvalue weighted by atomic mass is 10.4. The summed E-state index contributed by atoms with van der Waals surface area (Å²) in [6.45, 7) is 3.71. The third-order valence-corrected chi connectivity index (χ3v) is 1.93. The Bertz CT molecular complexity index is 484. The normalized spacial score (nSPS) is 10.3. The number of aromatic nitrogens is 4. The highest BCUT2D eigenvalue weighted by molar-refractivity contribution is 5.73. The highest BCUT2D eigenvalue weighted by atomic mass is 16.1. The molecule has 0 atom stereocenters. The molecule has 0 saturated heterocycles. The zero-order chi connectivity index (χ0) is 10.8. The highest BCUT2D eigenvalue weighted by Gasteiger charge is 2.03. The van der Waals surface area contributed by atoms with Gasteiger partial charge in [-0.25, -0.2) is 14.6 Å². The van der Waals surface area contributed by atoms with Gasteiger partial charge in [-0.3, -0.25) is 4.79 Å². The lowest BCUT2D eigenvalue weighted by Crippen LogP contribution is -2.02. The molecule has 2 aromatic rings. The maximum atomic E-state index is 10.5. The van der Waals surface area contributed by atoms with Crippen molar-refractivity contribution in [3.05, 3.63) is 35.5 Å². The molecule has 0 N–H and O–H groups in total. The first-order chi connectivity index (χ1) is 7.19. The van der Waals surface area contributed by atoms with Crippen LogP contribution in [-0.4, -0.2) is 26.0 Å². The van der Waals surface area contributed by atoms with Crippen LogP contribution >= 0.6 is 0 Å². The number of aldehydes is 1. The quantitative estimate of drug-likeness (QED) is 0.684. The molecule has 0 bridgehead atoms. The van der Waals surface area contributed by atoms with Gasteiger partial charge in [0.05, 0.1) is 11.8 Å². The Morgan fingerprint density at radius 3 is 2.73 bits per heavy atom. The second-order valence-corrected chi connectivity index (χ2v) is 3.25. The summed E-state index contributed by atoms with van der Waals surface area (Å²) in [4.78, 5) is 18.9. The van der Waals surface area contributed by atoms with Crippen LogP contribution in [0.3, 0.4) is 0 Å². The van der Waals surface area contributed by atoms with Gasteiger partial charge >= 0.3 is 0 Å². The summed E-state index contributed by atoms with van der Waals surface area (Å²) in [6.07, 6.45) is 3.89. The van der Waals surface area contributed by atoms with E-state index in [9.17, 15) is 4.79 Å². The molecule has 5 nitrogen and oxygen atoms in total. The maximum Gasteiger partial charge on any atom is 0.157 e. The monoisotopic (exact) mass is 202 g/mol. The number of nitrogens with zero attached hydrogens (tertiary/aromatic N) is 4. The van der Waals surface area contributed by atoms with Gasteiger partial charge in [-0.2, -0.15) is 5.10 Å². The van der Waals surface area contributed by atoms with Gasteiger partial charge in [-0.1, -0.05) is 0 Å². The summed E-state index contributed by atoms with van der Waals surface area (Å²) in [5.74, 6) is 1.36. The van der Waals surface area contributed by atoms with E-state index in [1.165, 1.54) is 6.20 Å². The van der Waals surface area contributed by atoms with Crippen LogP contribution in [0, 0.1) is 13.8 Å². The SMILES string of the molecule is Cc1cc(-n2cc(C=O)cn2)nc(C)n1. The molecule has 0 aliphatic heterocycles. The molecule has 0 fully saturated rings. The van der Waals surface area contributed by atoms with E-state index >= 15 is 0 Å². The predicted molar refractivity (Wildman–Crippen MR) is 54.0 cm³/mol. The van der Waals surface area contributed by atoms with Crippen molar-refractivity contribution in [2.24, 2.45) is 0 Å². The average Bonchev–Trinajstić information content (AvgIpc) is 2.64. The van der Waals surface area contributed by atoms with Crippen molar-refractivity contribution in [1.82, 2.24) is 19.7 Å². The molecule has 0 aliphatic rings. The molecule has 15 heavy (non-hydrogen) atoms. The second-order valence-electron chi connectivity index (χ2n) is 3.25. The smallest absolute Gasteiger partial charge is 0.157 e. The Labute approximate surface area is 86.8 Å². The molecule has 0 aliphatic carbocycles. The van der Waals surface area contributed by atoms with Crippen molar-refractivity contribution < 1.29 is 4.79 Å². The minimum Gasteiger partial charge on any atom is -0.298 e. The van der Waals surface area contributed by atoms with Gasteiger partial charge in [0.1, 0.15) is 5.82 Å². The van der Waals surface area contributed by atoms with Crippen LogP contribution in [0.15, 0.2) is 18.5 Å². The molecular formula is C10H10N4O. The standard InChI is InChI=1S/C10H10N4O/c1-7-3-10(13-8(2)12-7)14-5-9(6-15)4-11-14/h3-6H,1-2H3. The predicted octanol–water partition coefficient (Wildman–Crippen LogP) is 1.09. The molecule has 0 spiro atoms. The fourth-order valence-electron chi connectivity index (χ4n) is 1.34. The summed E-state index contributed by atoms with van der Waals surface area (Å²) < 4.78 is 1.56. The first-order valence-electron chi connectivity index (χ1n) is 4.51. The fraction of sp³-hybridized carbons (Fsp3) is 0.200. The molecule has 2 heterocycles. The zero-order valence-electron chi connectivity index (χ0n) is 8.51. The molecule has 2 aromatic heterocycles. The Kier molecular flexibility index (Phi) is 2.29. The van der Waals surface area contributed by atoms with Gasteiger partial charge in [-0.15, -0.1) is 0 Å². The summed E-state index contributed by atoms with van der Waals surface area (Å²) in [7, 11) is 0. The van der Waals surface area contributed by atoms with Gasteiger partial charge in [0.15, 0.2) is 12.1 Å². The number of carbonyl (C=O) groups excluding carboxylic acids is 1. The Balaban J connectivity index is 2.48. The van der Waals surface area contributed by atoms with Crippen LogP contribution in [0.25, 0.3) is 5.82 Å². The third-order valence-electron chi connectivity index (χ3n) is 1.93. The Hall–Kier alpha value is -2.04. The Morgan fingerprint density at radius 2 is 2.13 bits per heavy atom. The zero-order valence-corrected chi connectivity index (χ0v) is 8.51. The maximum absolute atomic E-state index is 10.5. The van der Waals surface area contributed by atoms with Crippen LogP contribution in [0.5, 0.6) is 0 Å². The minimum atomic E-state index is 0.531. The minimum absolute atomic E-state index is 0.531. The van der Waals surface area contributed by atoms with Crippen molar-refractivity contribution >= 4 is 6.29 Å². The molecule has 0 saturated carbocycles. The van der Waals surface area contributed by atoms with E-state index in [-0.39, 0.29) is 0 Å². The van der Waals surface area contributed by atoms with Crippen molar-refractivity contribution in [3.8, 4) is 5.82 Å². The van der Waals surface area contributed by atoms with Crippen LogP contribution in [0.2, 0.25) is 0 Å². The van der Waals surface area contributed by atoms with E-state index in [4.69, 9.17) is 0 Å². The molecule has 0 radical (unpaired) electrons. The lowest BCUT2D eigenvalue weighted by Gasteiger charge is -2.02. The first kappa shape index (κ1) is 9.51. The molecule has 2 rings (SSSR count). The van der Waals surface area contributed by atoms with E-state index < -0.39 is 0 Å². The van der Waals surface area contributed by atoms with E-state index in [1.807, 2.05) is 19.9 Å². The van der Waals surface area contributed by atoms with Crippen molar-refractivity contribution in [3.63, 3.8) is 0 Å². The van der Waals surface area contributed by atoms with Crippen LogP contribution in [0.4, 0.5) is 0 Å². The topological polar surface area (TPSA) is 60.7 Å². The number of hydrogen-bond acceptors (Lipinski definition) is 4. The summed E-state index contributed by atoms with van der Waals surface area (Å²) >= 11 is 0. The number of carbonyl (C=O) groups is 1. The molecule has 76 valence electrons. The molecule has 0 amide bonds. The van der Waals surface area contributed by atoms with E-state index in [2.05, 4.69) is 15.1 Å². The highest BCUT2D eigenvalue weighted by Crippen LogP contribution is 2.06. The van der Waals surface area contributed by atoms with Crippen LogP contribution < -0.4 is 0 Å². The molecular weight excluding hydrogens is 192 g/mol. The van der Waals surface area contributed by atoms with Crippen molar-refractivity contribution in [2.45, 2.75) is 13.8 Å². The Morgan fingerprint density at radius 1 is 1.33 bits per heavy atom. The number of hydrogen-bond donors (Lipinski definition) is 0. The number of rotatable bonds is 2. The largest absolute Gasteiger partial charge is 0.298 e. The van der Waals surface area contributed by atoms with Gasteiger partial charge < -0.3 is 0 Å². The van der Waals surface area contributed by atoms with Gasteiger partial charge in [0.2, 0.25) is 0 Å². The lowest BCUT2D eigenvalue weighted by molar-refractivity contribution is 0.112. The fourth-order valence-corrected chi connectivity index (χ4v) is 1.34. The van der Waals surface area contributed by atoms with Crippen LogP contribution in [-0.2, 0) is 0 Å². The van der Waals surface area contributed by atoms with E-state index in [0.29, 0.717) is 17.2 Å². The molecule has 0 unspecified atom stereocenters. The van der Waals surface area contributed by atoms with Gasteiger partial charge in [-0.05, 0) is 13.8 Å². The number of aryl methyl sites for hydroxylation is 2. The van der Waals surface area contributed by atoms with Crippen molar-refractivity contribution in [1.29, 1.82) is 0 Å². The van der Waals surface area contributed by atoms with E-state index in [1.54, 1.807) is 10.9 Å².